The summed E-state index contributed by atoms with van der Waals surface area (Å²) in [6.45, 7) is 4.52. The minimum absolute atomic E-state index is 0.0564. The Morgan fingerprint density at radius 2 is 2.15 bits per heavy atom. The molecule has 1 heterocycles. The first-order valence-electron chi connectivity index (χ1n) is 6.29. The summed E-state index contributed by atoms with van der Waals surface area (Å²) < 4.78 is 5.71. The third-order valence-electron chi connectivity index (χ3n) is 2.60. The van der Waals surface area contributed by atoms with Gasteiger partial charge in [0.2, 0.25) is 5.95 Å². The van der Waals surface area contributed by atoms with Crippen molar-refractivity contribution in [3.05, 3.63) is 41.0 Å². The van der Waals surface area contributed by atoms with E-state index in [4.69, 9.17) is 22.1 Å². The van der Waals surface area contributed by atoms with E-state index in [-0.39, 0.29) is 12.0 Å². The van der Waals surface area contributed by atoms with Crippen molar-refractivity contribution in [3.63, 3.8) is 0 Å². The van der Waals surface area contributed by atoms with Gasteiger partial charge < -0.3 is 15.8 Å². The van der Waals surface area contributed by atoms with Crippen LogP contribution in [0.15, 0.2) is 30.3 Å². The van der Waals surface area contributed by atoms with Crippen LogP contribution >= 0.6 is 11.6 Å². The fourth-order valence-corrected chi connectivity index (χ4v) is 1.92. The van der Waals surface area contributed by atoms with Gasteiger partial charge in [-0.1, -0.05) is 23.7 Å². The quantitative estimate of drug-likeness (QED) is 0.829. The lowest BCUT2D eigenvalue weighted by Gasteiger charge is -2.16. The minimum atomic E-state index is 0.0564. The Hall–Kier alpha value is -2.01. The molecule has 1 aromatic heterocycles. The predicted octanol–water partition coefficient (Wildman–Crippen LogP) is 2.90. The standard InChI is InChI=1S/C14H17ClN4O/c1-9-4-3-5-11(6-9)20-8-10(2)17-13-7-12(15)18-14(16)19-13/h3-7,10H,8H2,1-2H3,(H3,16,17,18,19). The van der Waals surface area contributed by atoms with Crippen LogP contribution in [0.25, 0.3) is 0 Å². The van der Waals surface area contributed by atoms with E-state index in [0.717, 1.165) is 5.75 Å². The van der Waals surface area contributed by atoms with Crippen molar-refractivity contribution in [1.29, 1.82) is 0 Å². The van der Waals surface area contributed by atoms with Crippen LogP contribution in [0.1, 0.15) is 12.5 Å². The third kappa shape index (κ3) is 4.28. The Labute approximate surface area is 123 Å². The van der Waals surface area contributed by atoms with E-state index in [1.807, 2.05) is 38.1 Å². The summed E-state index contributed by atoms with van der Waals surface area (Å²) in [5.41, 5.74) is 6.70. The number of hydrogen-bond donors (Lipinski definition) is 2. The normalized spacial score (nSPS) is 11.9. The second-order valence-electron chi connectivity index (χ2n) is 4.61. The van der Waals surface area contributed by atoms with Crippen molar-refractivity contribution in [2.45, 2.75) is 19.9 Å². The Bertz CT molecular complexity index is 571. The van der Waals surface area contributed by atoms with E-state index in [0.29, 0.717) is 17.6 Å². The molecule has 0 saturated carbocycles. The molecule has 2 rings (SSSR count). The highest BCUT2D eigenvalue weighted by Gasteiger charge is 2.06. The number of rotatable bonds is 5. The molecule has 0 bridgehead atoms. The Morgan fingerprint density at radius 3 is 2.85 bits per heavy atom. The van der Waals surface area contributed by atoms with Gasteiger partial charge in [0.25, 0.3) is 0 Å². The maximum absolute atomic E-state index is 5.82. The van der Waals surface area contributed by atoms with Crippen molar-refractivity contribution in [1.82, 2.24) is 9.97 Å². The van der Waals surface area contributed by atoms with Gasteiger partial charge >= 0.3 is 0 Å². The molecule has 0 aliphatic carbocycles. The molecule has 0 aliphatic heterocycles. The van der Waals surface area contributed by atoms with Crippen LogP contribution in [0.5, 0.6) is 5.75 Å². The first-order chi connectivity index (χ1) is 9.52. The minimum Gasteiger partial charge on any atom is -0.491 e. The summed E-state index contributed by atoms with van der Waals surface area (Å²) in [5, 5.41) is 3.48. The highest BCUT2D eigenvalue weighted by molar-refractivity contribution is 6.29. The number of benzene rings is 1. The average Bonchev–Trinajstić information content (AvgIpc) is 2.35. The number of hydrogen-bond acceptors (Lipinski definition) is 5. The maximum Gasteiger partial charge on any atom is 0.223 e. The van der Waals surface area contributed by atoms with Crippen LogP contribution in [0.4, 0.5) is 11.8 Å². The molecule has 20 heavy (non-hydrogen) atoms. The van der Waals surface area contributed by atoms with Crippen LogP contribution in [-0.4, -0.2) is 22.6 Å². The Kier molecular flexibility index (Phi) is 4.63. The number of nitrogens with one attached hydrogen (secondary N) is 1. The molecule has 6 heteroatoms. The summed E-state index contributed by atoms with van der Waals surface area (Å²) in [7, 11) is 0. The molecular weight excluding hydrogens is 276 g/mol. The SMILES string of the molecule is Cc1cccc(OCC(C)Nc2cc(Cl)nc(N)n2)c1. The number of anilines is 2. The molecule has 5 nitrogen and oxygen atoms in total. The van der Waals surface area contributed by atoms with Crippen LogP contribution in [-0.2, 0) is 0 Å². The molecule has 0 amide bonds. The van der Waals surface area contributed by atoms with Crippen LogP contribution in [0.3, 0.4) is 0 Å². The summed E-state index contributed by atoms with van der Waals surface area (Å²) in [6, 6.07) is 9.60. The molecule has 0 fully saturated rings. The van der Waals surface area contributed by atoms with Gasteiger partial charge in [-0.15, -0.1) is 0 Å². The molecule has 2 aromatic rings. The average molecular weight is 293 g/mol. The highest BCUT2D eigenvalue weighted by Crippen LogP contribution is 2.15. The topological polar surface area (TPSA) is 73.1 Å². The molecule has 106 valence electrons. The number of nitrogen functional groups attached to an aromatic ring is 1. The fraction of sp³-hybridized carbons (Fsp3) is 0.286. The van der Waals surface area contributed by atoms with Gasteiger partial charge in [0, 0.05) is 6.07 Å². The molecule has 0 saturated heterocycles. The van der Waals surface area contributed by atoms with E-state index in [2.05, 4.69) is 15.3 Å². The second kappa shape index (κ2) is 6.43. The lowest BCUT2D eigenvalue weighted by atomic mass is 10.2. The van der Waals surface area contributed by atoms with E-state index >= 15 is 0 Å². The first kappa shape index (κ1) is 14.4. The lowest BCUT2D eigenvalue weighted by molar-refractivity contribution is 0.303. The van der Waals surface area contributed by atoms with Gasteiger partial charge in [-0.05, 0) is 31.5 Å². The zero-order valence-electron chi connectivity index (χ0n) is 11.4. The van der Waals surface area contributed by atoms with Gasteiger partial charge in [-0.3, -0.25) is 0 Å². The van der Waals surface area contributed by atoms with Gasteiger partial charge in [0.1, 0.15) is 23.3 Å². The molecule has 0 aliphatic rings. The molecule has 0 spiro atoms. The van der Waals surface area contributed by atoms with Gasteiger partial charge in [-0.25, -0.2) is 4.98 Å². The van der Waals surface area contributed by atoms with Gasteiger partial charge in [-0.2, -0.15) is 4.98 Å². The van der Waals surface area contributed by atoms with Gasteiger partial charge in [0.15, 0.2) is 0 Å². The second-order valence-corrected chi connectivity index (χ2v) is 4.99. The number of ether oxygens (including phenoxy) is 1. The zero-order chi connectivity index (χ0) is 14.5. The van der Waals surface area contributed by atoms with E-state index in [9.17, 15) is 0 Å². The lowest BCUT2D eigenvalue weighted by Crippen LogP contribution is -2.24. The highest BCUT2D eigenvalue weighted by atomic mass is 35.5. The third-order valence-corrected chi connectivity index (χ3v) is 2.79. The molecule has 0 radical (unpaired) electrons. The number of nitrogens with zero attached hydrogens (tertiary/aromatic N) is 2. The van der Waals surface area contributed by atoms with Crippen molar-refractivity contribution in [3.8, 4) is 5.75 Å². The first-order valence-corrected chi connectivity index (χ1v) is 6.67. The van der Waals surface area contributed by atoms with Crippen molar-refractivity contribution >= 4 is 23.4 Å². The molecule has 1 unspecified atom stereocenters. The van der Waals surface area contributed by atoms with E-state index < -0.39 is 0 Å². The summed E-state index contributed by atoms with van der Waals surface area (Å²) in [4.78, 5) is 7.86. The largest absolute Gasteiger partial charge is 0.491 e. The van der Waals surface area contributed by atoms with Crippen LogP contribution in [0.2, 0.25) is 5.15 Å². The molecule has 1 atom stereocenters. The number of aromatic nitrogens is 2. The Balaban J connectivity index is 1.90. The smallest absolute Gasteiger partial charge is 0.223 e. The summed E-state index contributed by atoms with van der Waals surface area (Å²) >= 11 is 5.82. The van der Waals surface area contributed by atoms with Crippen LogP contribution < -0.4 is 15.8 Å². The summed E-state index contributed by atoms with van der Waals surface area (Å²) in [6.07, 6.45) is 0. The monoisotopic (exact) mass is 292 g/mol. The molecule has 1 aromatic carbocycles. The van der Waals surface area contributed by atoms with Crippen molar-refractivity contribution in [2.75, 3.05) is 17.7 Å². The summed E-state index contributed by atoms with van der Waals surface area (Å²) in [5.74, 6) is 1.58. The Morgan fingerprint density at radius 1 is 1.35 bits per heavy atom. The fourth-order valence-electron chi connectivity index (χ4n) is 1.73. The predicted molar refractivity (Wildman–Crippen MR) is 81.2 cm³/mol. The number of aryl methyl sites for hydroxylation is 1. The van der Waals surface area contributed by atoms with E-state index in [1.54, 1.807) is 6.07 Å². The van der Waals surface area contributed by atoms with E-state index in [1.165, 1.54) is 5.56 Å². The zero-order valence-corrected chi connectivity index (χ0v) is 12.2. The molecular formula is C14H17ClN4O. The number of halogens is 1. The molecule has 3 N–H and O–H groups in total. The van der Waals surface area contributed by atoms with Gasteiger partial charge in [0.05, 0.1) is 6.04 Å². The van der Waals surface area contributed by atoms with Crippen molar-refractivity contribution < 1.29 is 4.74 Å². The van der Waals surface area contributed by atoms with Crippen molar-refractivity contribution in [2.24, 2.45) is 0 Å². The number of nitrogens with two attached hydrogens (primary N) is 1. The van der Waals surface area contributed by atoms with Crippen LogP contribution in [0, 0.1) is 6.92 Å². The maximum atomic E-state index is 5.82.